The molecule has 6 heterocycles. The van der Waals surface area contributed by atoms with Crippen LogP contribution in [0.15, 0.2) is 36.5 Å². The van der Waals surface area contributed by atoms with E-state index in [9.17, 15) is 9.18 Å². The van der Waals surface area contributed by atoms with Crippen LogP contribution in [-0.2, 0) is 11.2 Å². The molecule has 2 bridgehead atoms. The molecule has 9 nitrogen and oxygen atoms in total. The smallest absolute Gasteiger partial charge is 0.410 e. The van der Waals surface area contributed by atoms with Crippen LogP contribution in [0.2, 0.25) is 0 Å². The Balaban J connectivity index is 1.21. The summed E-state index contributed by atoms with van der Waals surface area (Å²) in [7, 11) is 0. The molecule has 4 atom stereocenters. The second-order valence-corrected chi connectivity index (χ2v) is 15.3. The molecule has 2 unspecified atom stereocenters. The number of carbonyl (C=O) groups excluding carboxylic acids is 1. The summed E-state index contributed by atoms with van der Waals surface area (Å²) in [5.41, 5.74) is 0.0115. The summed E-state index contributed by atoms with van der Waals surface area (Å²) in [5, 5.41) is 1.82. The topological polar surface area (TPSA) is 83.9 Å². The molecule has 264 valence electrons. The quantitative estimate of drug-likeness (QED) is 0.210. The molecule has 4 aromatic rings. The van der Waals surface area contributed by atoms with Crippen molar-refractivity contribution < 1.29 is 27.4 Å². The lowest BCUT2D eigenvalue weighted by Gasteiger charge is -2.42. The highest BCUT2D eigenvalue weighted by Gasteiger charge is 2.50. The average molecular weight is 689 g/mol. The number of amides is 1. The lowest BCUT2D eigenvalue weighted by atomic mass is 9.95. The molecule has 0 N–H and O–H groups in total. The number of hydrogen-bond donors (Lipinski definition) is 0. The second kappa shape index (κ2) is 12.2. The van der Waals surface area contributed by atoms with Crippen LogP contribution in [-0.4, -0.2) is 93.0 Å². The number of pyridine rings is 1. The monoisotopic (exact) mass is 688 g/mol. The molecule has 50 heavy (non-hydrogen) atoms. The Bertz CT molecular complexity index is 1970. The molecule has 8 rings (SSSR count). The number of benzene rings is 2. The van der Waals surface area contributed by atoms with Gasteiger partial charge in [-0.15, -0.1) is 0 Å². The number of alkyl halides is 1. The Morgan fingerprint density at radius 1 is 1.06 bits per heavy atom. The maximum Gasteiger partial charge on any atom is 0.410 e. The van der Waals surface area contributed by atoms with Gasteiger partial charge < -0.3 is 14.4 Å². The van der Waals surface area contributed by atoms with Gasteiger partial charge in [0.15, 0.2) is 5.82 Å². The number of nitrogens with zero attached hydrogens (tertiary/aromatic N) is 6. The van der Waals surface area contributed by atoms with Crippen LogP contribution in [0.3, 0.4) is 0 Å². The van der Waals surface area contributed by atoms with Crippen LogP contribution < -0.4 is 9.64 Å². The zero-order valence-corrected chi connectivity index (χ0v) is 29.0. The van der Waals surface area contributed by atoms with Gasteiger partial charge in [0.25, 0.3) is 0 Å². The minimum Gasteiger partial charge on any atom is -0.461 e. The Hall–Kier alpha value is -4.19. The molecular formula is C38H43F3N6O3. The first-order valence-corrected chi connectivity index (χ1v) is 17.8. The van der Waals surface area contributed by atoms with E-state index in [0.29, 0.717) is 60.2 Å². The Morgan fingerprint density at radius 3 is 2.58 bits per heavy atom. The summed E-state index contributed by atoms with van der Waals surface area (Å²) in [5.74, 6) is -0.537. The molecule has 0 saturated carbocycles. The molecule has 0 spiro atoms. The standard InChI is InChI=1S/C38H43F3N6O3/c1-5-26-29(40)13-10-22-8-6-9-27(30(22)26)32-31(41)33-28(17-42-32)34(44-35(43-33)49-21-38-14-7-15-46(38)18-23(39)16-38)45-19-24-11-12-25(20-45)47(24)36(48)50-37(2,3)4/h6,8-10,13,17,23-25H,5,7,11-12,14-16,18-21H2,1-4H3/t23?,24-,25+,38?. The molecule has 2 aromatic carbocycles. The van der Waals surface area contributed by atoms with Crippen LogP contribution in [0.5, 0.6) is 6.01 Å². The molecule has 0 aliphatic carbocycles. The molecule has 1 amide bonds. The Kier molecular flexibility index (Phi) is 8.08. The fourth-order valence-corrected chi connectivity index (χ4v) is 8.82. The van der Waals surface area contributed by atoms with Gasteiger partial charge in [-0.1, -0.05) is 31.2 Å². The Labute approximate surface area is 289 Å². The van der Waals surface area contributed by atoms with E-state index in [1.807, 2.05) is 44.7 Å². The van der Waals surface area contributed by atoms with Gasteiger partial charge in [-0.2, -0.15) is 9.97 Å². The highest BCUT2D eigenvalue weighted by molar-refractivity contribution is 6.01. The number of fused-ring (bicyclic) bond motifs is 5. The third-order valence-corrected chi connectivity index (χ3v) is 11.0. The predicted molar refractivity (Wildman–Crippen MR) is 185 cm³/mol. The predicted octanol–water partition coefficient (Wildman–Crippen LogP) is 7.23. The fraction of sp³-hybridized carbons (Fsp3) is 0.526. The van der Waals surface area contributed by atoms with E-state index in [0.717, 1.165) is 37.6 Å². The number of aromatic nitrogens is 3. The van der Waals surface area contributed by atoms with Crippen LogP contribution in [0.25, 0.3) is 32.9 Å². The van der Waals surface area contributed by atoms with Crippen molar-refractivity contribution in [2.24, 2.45) is 0 Å². The van der Waals surface area contributed by atoms with Gasteiger partial charge in [0, 0.05) is 37.8 Å². The molecule has 4 aliphatic heterocycles. The van der Waals surface area contributed by atoms with E-state index in [1.54, 1.807) is 18.3 Å². The highest BCUT2D eigenvalue weighted by atomic mass is 19.1. The summed E-state index contributed by atoms with van der Waals surface area (Å²) in [4.78, 5) is 33.4. The number of piperazine rings is 1. The minimum atomic E-state index is -0.923. The van der Waals surface area contributed by atoms with Gasteiger partial charge in [-0.3, -0.25) is 14.8 Å². The summed E-state index contributed by atoms with van der Waals surface area (Å²) in [6, 6.07) is 8.36. The molecule has 4 fully saturated rings. The summed E-state index contributed by atoms with van der Waals surface area (Å²) in [6.07, 6.45) is 4.52. The maximum absolute atomic E-state index is 17.0. The first kappa shape index (κ1) is 33.0. The fourth-order valence-electron chi connectivity index (χ4n) is 8.82. The first-order chi connectivity index (χ1) is 23.9. The van der Waals surface area contributed by atoms with E-state index in [2.05, 4.69) is 19.8 Å². The van der Waals surface area contributed by atoms with Crippen LogP contribution in [0, 0.1) is 11.6 Å². The lowest BCUT2D eigenvalue weighted by Crippen LogP contribution is -2.57. The van der Waals surface area contributed by atoms with Crippen molar-refractivity contribution in [1.29, 1.82) is 0 Å². The van der Waals surface area contributed by atoms with Crippen molar-refractivity contribution in [1.82, 2.24) is 24.8 Å². The van der Waals surface area contributed by atoms with E-state index < -0.39 is 23.1 Å². The normalized spacial score (nSPS) is 25.1. The molecular weight excluding hydrogens is 645 g/mol. The van der Waals surface area contributed by atoms with Gasteiger partial charge >= 0.3 is 12.1 Å². The third kappa shape index (κ3) is 5.59. The van der Waals surface area contributed by atoms with Crippen LogP contribution in [0.1, 0.15) is 65.4 Å². The summed E-state index contributed by atoms with van der Waals surface area (Å²) >= 11 is 0. The van der Waals surface area contributed by atoms with Gasteiger partial charge in [-0.05, 0) is 81.8 Å². The summed E-state index contributed by atoms with van der Waals surface area (Å²) < 4.78 is 58.7. The second-order valence-electron chi connectivity index (χ2n) is 15.3. The number of carbonyl (C=O) groups is 1. The van der Waals surface area contributed by atoms with Crippen molar-refractivity contribution in [2.75, 3.05) is 37.7 Å². The molecule has 4 aliphatic rings. The van der Waals surface area contributed by atoms with E-state index in [-0.39, 0.29) is 47.8 Å². The third-order valence-electron chi connectivity index (χ3n) is 11.0. The number of ether oxygens (including phenoxy) is 2. The number of halogens is 3. The SMILES string of the molecule is CCc1c(F)ccc2cccc(-c3ncc4c(N5C[C@H]6CC[C@@H](C5)N6C(=O)OC(C)(C)C)nc(OCC56CCCN5CC(F)C6)nc4c3F)c12. The maximum atomic E-state index is 17.0. The highest BCUT2D eigenvalue weighted by Crippen LogP contribution is 2.42. The Morgan fingerprint density at radius 2 is 1.84 bits per heavy atom. The summed E-state index contributed by atoms with van der Waals surface area (Å²) in [6.45, 7) is 9.76. The van der Waals surface area contributed by atoms with Crippen LogP contribution in [0.4, 0.5) is 23.8 Å². The molecule has 0 radical (unpaired) electrons. The molecule has 2 aromatic heterocycles. The van der Waals surface area contributed by atoms with Crippen molar-refractivity contribution in [3.05, 3.63) is 53.7 Å². The van der Waals surface area contributed by atoms with Gasteiger partial charge in [0.05, 0.1) is 23.0 Å². The van der Waals surface area contributed by atoms with Crippen molar-refractivity contribution in [3.63, 3.8) is 0 Å². The molecule has 12 heteroatoms. The lowest BCUT2D eigenvalue weighted by molar-refractivity contribution is 0.0122. The average Bonchev–Trinajstić information content (AvgIpc) is 3.69. The molecule has 4 saturated heterocycles. The number of rotatable bonds is 6. The van der Waals surface area contributed by atoms with E-state index >= 15 is 8.78 Å². The van der Waals surface area contributed by atoms with Gasteiger partial charge in [0.1, 0.15) is 41.2 Å². The van der Waals surface area contributed by atoms with Crippen molar-refractivity contribution >= 4 is 33.6 Å². The van der Waals surface area contributed by atoms with E-state index in [4.69, 9.17) is 14.5 Å². The zero-order valence-electron chi connectivity index (χ0n) is 29.0. The zero-order chi connectivity index (χ0) is 34.9. The largest absolute Gasteiger partial charge is 0.461 e. The number of aryl methyl sites for hydroxylation is 1. The van der Waals surface area contributed by atoms with Crippen molar-refractivity contribution in [3.8, 4) is 17.3 Å². The minimum absolute atomic E-state index is 0.00668. The van der Waals surface area contributed by atoms with E-state index in [1.165, 1.54) is 6.07 Å². The first-order valence-electron chi connectivity index (χ1n) is 17.8. The van der Waals surface area contributed by atoms with Crippen molar-refractivity contribution in [2.45, 2.75) is 95.6 Å². The van der Waals surface area contributed by atoms with Gasteiger partial charge in [-0.25, -0.2) is 18.0 Å². The van der Waals surface area contributed by atoms with Gasteiger partial charge in [0.2, 0.25) is 0 Å². The number of hydrogen-bond acceptors (Lipinski definition) is 8. The number of anilines is 1. The van der Waals surface area contributed by atoms with Crippen LogP contribution >= 0.6 is 0 Å².